The maximum Gasteiger partial charge on any atom is 0.258 e. The van der Waals surface area contributed by atoms with Crippen LogP contribution in [0.4, 0.5) is 0 Å². The van der Waals surface area contributed by atoms with Gasteiger partial charge in [-0.3, -0.25) is 14.5 Å². The van der Waals surface area contributed by atoms with Crippen molar-refractivity contribution in [3.63, 3.8) is 0 Å². The lowest BCUT2D eigenvalue weighted by Gasteiger charge is -2.35. The Morgan fingerprint density at radius 2 is 2.21 bits per heavy atom. The molecule has 28 heavy (non-hydrogen) atoms. The summed E-state index contributed by atoms with van der Waals surface area (Å²) in [6.45, 7) is 4.47. The Bertz CT molecular complexity index is 925. The number of benzene rings is 1. The van der Waals surface area contributed by atoms with Crippen LogP contribution in [0.25, 0.3) is 10.9 Å². The van der Waals surface area contributed by atoms with Crippen LogP contribution < -0.4 is 16.6 Å². The normalized spacial score (nSPS) is 22.7. The van der Waals surface area contributed by atoms with Gasteiger partial charge >= 0.3 is 0 Å². The van der Waals surface area contributed by atoms with E-state index in [0.29, 0.717) is 55.4 Å². The largest absolute Gasteiger partial charge is 0.366 e. The lowest BCUT2D eigenvalue weighted by Crippen LogP contribution is -2.58. The minimum absolute atomic E-state index is 0.121. The van der Waals surface area contributed by atoms with E-state index in [9.17, 15) is 9.59 Å². The van der Waals surface area contributed by atoms with Gasteiger partial charge in [0.15, 0.2) is 0 Å². The summed E-state index contributed by atoms with van der Waals surface area (Å²) in [7, 11) is 0. The number of fused-ring (bicyclic) bond motifs is 1. The van der Waals surface area contributed by atoms with E-state index in [1.807, 2.05) is 25.1 Å². The molecular weight excluding hydrogens is 358 g/mol. The lowest BCUT2D eigenvalue weighted by atomic mass is 9.95. The number of amides is 1. The van der Waals surface area contributed by atoms with Gasteiger partial charge in [0.05, 0.1) is 29.6 Å². The second-order valence-electron chi connectivity index (χ2n) is 8.01. The second kappa shape index (κ2) is 7.62. The number of nitrogens with zero attached hydrogens (tertiary/aromatic N) is 2. The van der Waals surface area contributed by atoms with Crippen LogP contribution >= 0.6 is 0 Å². The number of carbonyl (C=O) groups is 1. The first-order chi connectivity index (χ1) is 13.5. The van der Waals surface area contributed by atoms with E-state index in [2.05, 4.69) is 20.2 Å². The van der Waals surface area contributed by atoms with Crippen LogP contribution in [0.2, 0.25) is 0 Å². The van der Waals surface area contributed by atoms with Crippen LogP contribution in [0.1, 0.15) is 25.6 Å². The van der Waals surface area contributed by atoms with Crippen LogP contribution in [-0.2, 0) is 16.1 Å². The fourth-order valence-electron chi connectivity index (χ4n) is 3.83. The Hall–Kier alpha value is -2.29. The van der Waals surface area contributed by atoms with Gasteiger partial charge in [-0.1, -0.05) is 12.1 Å². The lowest BCUT2D eigenvalue weighted by molar-refractivity contribution is -0.140. The summed E-state index contributed by atoms with van der Waals surface area (Å²) in [5, 5.41) is 3.68. The molecule has 8 nitrogen and oxygen atoms in total. The summed E-state index contributed by atoms with van der Waals surface area (Å²) >= 11 is 0. The molecule has 2 atom stereocenters. The minimum atomic E-state index is -0.550. The highest BCUT2D eigenvalue weighted by Crippen LogP contribution is 2.39. The fraction of sp³-hybridized carbons (Fsp3) is 0.550. The standard InChI is InChI=1S/C20H27N5O3/c1-20(12-21,13-6-7-13)24-19(27)16-10-25(8-9-28-16)11-17-22-15-5-3-2-4-14(15)18(26)23-17/h2-5,13,16H,6-12,21H2,1H3,(H,24,27)(H,22,23,26). The van der Waals surface area contributed by atoms with Gasteiger partial charge < -0.3 is 20.8 Å². The number of hydrogen-bond donors (Lipinski definition) is 3. The van der Waals surface area contributed by atoms with Crippen LogP contribution in [-0.4, -0.2) is 58.7 Å². The molecule has 150 valence electrons. The summed E-state index contributed by atoms with van der Waals surface area (Å²) in [6.07, 6.45) is 1.66. The average Bonchev–Trinajstić information content (AvgIpc) is 3.54. The van der Waals surface area contributed by atoms with E-state index in [-0.39, 0.29) is 17.0 Å². The van der Waals surface area contributed by atoms with Gasteiger partial charge in [-0.05, 0) is 37.8 Å². The van der Waals surface area contributed by atoms with Crippen molar-refractivity contribution in [1.29, 1.82) is 0 Å². The first-order valence-corrected chi connectivity index (χ1v) is 9.82. The predicted molar refractivity (Wildman–Crippen MR) is 106 cm³/mol. The number of aromatic nitrogens is 2. The number of ether oxygens (including phenoxy) is 1. The molecule has 1 amide bonds. The molecular formula is C20H27N5O3. The number of morpholine rings is 1. The molecule has 0 bridgehead atoms. The molecule has 4 rings (SSSR count). The third-order valence-electron chi connectivity index (χ3n) is 5.79. The zero-order chi connectivity index (χ0) is 19.7. The van der Waals surface area contributed by atoms with Crippen LogP contribution in [0.15, 0.2) is 29.1 Å². The van der Waals surface area contributed by atoms with Crippen molar-refractivity contribution in [2.75, 3.05) is 26.2 Å². The topological polar surface area (TPSA) is 113 Å². The molecule has 2 unspecified atom stereocenters. The Morgan fingerprint density at radius 1 is 1.43 bits per heavy atom. The monoisotopic (exact) mass is 385 g/mol. The van der Waals surface area contributed by atoms with E-state index < -0.39 is 6.10 Å². The van der Waals surface area contributed by atoms with Gasteiger partial charge in [0, 0.05) is 19.6 Å². The average molecular weight is 385 g/mol. The molecule has 2 aliphatic rings. The number of hydrogen-bond acceptors (Lipinski definition) is 6. The number of carbonyl (C=O) groups excluding carboxylic acids is 1. The first kappa shape index (κ1) is 19.0. The highest BCUT2D eigenvalue weighted by atomic mass is 16.5. The molecule has 2 fully saturated rings. The molecule has 4 N–H and O–H groups in total. The summed E-state index contributed by atoms with van der Waals surface area (Å²) in [5.41, 5.74) is 6.07. The molecule has 2 heterocycles. The Labute approximate surface area is 163 Å². The molecule has 1 aliphatic carbocycles. The molecule has 0 spiro atoms. The van der Waals surface area contributed by atoms with Crippen molar-refractivity contribution in [3.05, 3.63) is 40.4 Å². The molecule has 1 aliphatic heterocycles. The molecule has 2 aromatic rings. The van der Waals surface area contributed by atoms with Gasteiger partial charge in [0.25, 0.3) is 11.5 Å². The van der Waals surface area contributed by atoms with Crippen molar-refractivity contribution in [1.82, 2.24) is 20.2 Å². The zero-order valence-corrected chi connectivity index (χ0v) is 16.1. The van der Waals surface area contributed by atoms with E-state index in [4.69, 9.17) is 10.5 Å². The SMILES string of the molecule is CC(CN)(NC(=O)C1CN(Cc2nc3ccccc3c(=O)[nH]2)CCO1)C1CC1. The minimum Gasteiger partial charge on any atom is -0.366 e. The number of nitrogens with one attached hydrogen (secondary N) is 2. The predicted octanol–water partition coefficient (Wildman–Crippen LogP) is 0.368. The van der Waals surface area contributed by atoms with E-state index >= 15 is 0 Å². The summed E-state index contributed by atoms with van der Waals surface area (Å²) in [6, 6.07) is 7.27. The number of H-pyrrole nitrogens is 1. The quantitative estimate of drug-likeness (QED) is 0.662. The van der Waals surface area contributed by atoms with Crippen LogP contribution in [0.3, 0.4) is 0 Å². The number of nitrogens with two attached hydrogens (primary N) is 1. The Kier molecular flexibility index (Phi) is 5.18. The van der Waals surface area contributed by atoms with Crippen molar-refractivity contribution in [3.8, 4) is 0 Å². The molecule has 8 heteroatoms. The summed E-state index contributed by atoms with van der Waals surface area (Å²) in [5.74, 6) is 0.923. The van der Waals surface area contributed by atoms with Crippen molar-refractivity contribution in [2.24, 2.45) is 11.7 Å². The van der Waals surface area contributed by atoms with Gasteiger partial charge in [0.2, 0.25) is 0 Å². The van der Waals surface area contributed by atoms with E-state index in [1.54, 1.807) is 6.07 Å². The molecule has 1 saturated carbocycles. The second-order valence-corrected chi connectivity index (χ2v) is 8.01. The maximum absolute atomic E-state index is 12.7. The molecule has 1 aromatic carbocycles. The van der Waals surface area contributed by atoms with Gasteiger partial charge in [-0.2, -0.15) is 0 Å². The van der Waals surface area contributed by atoms with Crippen molar-refractivity contribution < 1.29 is 9.53 Å². The van der Waals surface area contributed by atoms with E-state index in [0.717, 1.165) is 12.8 Å². The highest BCUT2D eigenvalue weighted by molar-refractivity contribution is 5.82. The summed E-state index contributed by atoms with van der Waals surface area (Å²) in [4.78, 5) is 34.5. The van der Waals surface area contributed by atoms with Crippen molar-refractivity contribution in [2.45, 2.75) is 38.0 Å². The Balaban J connectivity index is 1.42. The molecule has 1 aromatic heterocycles. The zero-order valence-electron chi connectivity index (χ0n) is 16.1. The van der Waals surface area contributed by atoms with Gasteiger partial charge in [-0.15, -0.1) is 0 Å². The molecule has 1 saturated heterocycles. The van der Waals surface area contributed by atoms with Crippen LogP contribution in [0.5, 0.6) is 0 Å². The first-order valence-electron chi connectivity index (χ1n) is 9.82. The molecule has 0 radical (unpaired) electrons. The van der Waals surface area contributed by atoms with Gasteiger partial charge in [0.1, 0.15) is 11.9 Å². The van der Waals surface area contributed by atoms with E-state index in [1.165, 1.54) is 0 Å². The number of para-hydroxylation sites is 1. The number of aromatic amines is 1. The summed E-state index contributed by atoms with van der Waals surface area (Å²) < 4.78 is 5.71. The van der Waals surface area contributed by atoms with Gasteiger partial charge in [-0.25, -0.2) is 4.98 Å². The maximum atomic E-state index is 12.7. The van der Waals surface area contributed by atoms with Crippen molar-refractivity contribution >= 4 is 16.8 Å². The number of rotatable bonds is 6. The third-order valence-corrected chi connectivity index (χ3v) is 5.79. The third kappa shape index (κ3) is 3.94. The van der Waals surface area contributed by atoms with Crippen LogP contribution in [0, 0.1) is 5.92 Å². The fourth-order valence-corrected chi connectivity index (χ4v) is 3.83. The smallest absolute Gasteiger partial charge is 0.258 e. The highest BCUT2D eigenvalue weighted by Gasteiger charge is 2.43. The Morgan fingerprint density at radius 3 is 2.96 bits per heavy atom.